The van der Waals surface area contributed by atoms with E-state index < -0.39 is 4.92 Å². The fraction of sp³-hybridized carbons (Fsp3) is 0.143. The molecule has 2 N–H and O–H groups in total. The fourth-order valence-corrected chi connectivity index (χ4v) is 4.23. The van der Waals surface area contributed by atoms with Gasteiger partial charge in [-0.3, -0.25) is 19.9 Å². The van der Waals surface area contributed by atoms with Crippen LogP contribution in [0.2, 0.25) is 0 Å². The van der Waals surface area contributed by atoms with Gasteiger partial charge >= 0.3 is 5.69 Å². The Hall–Kier alpha value is -4.92. The van der Waals surface area contributed by atoms with Gasteiger partial charge in [0.25, 0.3) is 5.91 Å². The summed E-state index contributed by atoms with van der Waals surface area (Å²) in [5, 5.41) is 17.6. The lowest BCUT2D eigenvalue weighted by Gasteiger charge is -2.12. The molecule has 0 saturated carbocycles. The Morgan fingerprint density at radius 3 is 2.51 bits per heavy atom. The standard InChI is InChI=1S/C28H24N4O5/c1-17-26(4-3-12-29-17)37-13-11-18-5-9-22-24(14-18)31-28(33)21-8-6-19(15-23(21)30-22)20-7-10-25(32(34)35)27(16-20)36-2/h3-10,12,14-16,30H,11,13H2,1-2H3,(H,31,33). The van der Waals surface area contributed by atoms with Crippen molar-refractivity contribution in [2.24, 2.45) is 0 Å². The molecule has 0 radical (unpaired) electrons. The lowest BCUT2D eigenvalue weighted by atomic mass is 10.0. The molecule has 3 aromatic carbocycles. The van der Waals surface area contributed by atoms with Gasteiger partial charge in [0.1, 0.15) is 5.75 Å². The van der Waals surface area contributed by atoms with Crippen LogP contribution in [-0.4, -0.2) is 29.5 Å². The van der Waals surface area contributed by atoms with Crippen molar-refractivity contribution in [3.8, 4) is 22.6 Å². The van der Waals surface area contributed by atoms with E-state index in [-0.39, 0.29) is 17.3 Å². The minimum atomic E-state index is -0.483. The third kappa shape index (κ3) is 4.92. The Morgan fingerprint density at radius 1 is 0.919 bits per heavy atom. The second kappa shape index (κ2) is 9.98. The molecule has 1 aliphatic heterocycles. The molecule has 37 heavy (non-hydrogen) atoms. The molecule has 9 heteroatoms. The molecule has 0 fully saturated rings. The summed E-state index contributed by atoms with van der Waals surface area (Å²) < 4.78 is 11.1. The normalized spacial score (nSPS) is 11.9. The van der Waals surface area contributed by atoms with E-state index in [4.69, 9.17) is 9.47 Å². The van der Waals surface area contributed by atoms with Crippen molar-refractivity contribution in [3.05, 3.63) is 99.9 Å². The van der Waals surface area contributed by atoms with E-state index in [1.165, 1.54) is 13.2 Å². The Bertz CT molecular complexity index is 1520. The molecule has 9 nitrogen and oxygen atoms in total. The van der Waals surface area contributed by atoms with Crippen molar-refractivity contribution in [3.63, 3.8) is 0 Å². The number of amides is 1. The third-order valence-corrected chi connectivity index (χ3v) is 6.18. The van der Waals surface area contributed by atoms with Crippen LogP contribution in [-0.2, 0) is 6.42 Å². The Kier molecular flexibility index (Phi) is 6.42. The van der Waals surface area contributed by atoms with E-state index in [0.717, 1.165) is 33.8 Å². The molecule has 0 bridgehead atoms. The first kappa shape index (κ1) is 23.8. The monoisotopic (exact) mass is 496 g/mol. The minimum Gasteiger partial charge on any atom is -0.491 e. The molecule has 0 aliphatic carbocycles. The van der Waals surface area contributed by atoms with Crippen molar-refractivity contribution in [1.82, 2.24) is 4.98 Å². The average molecular weight is 497 g/mol. The summed E-state index contributed by atoms with van der Waals surface area (Å²) in [4.78, 5) is 28.0. The molecular weight excluding hydrogens is 472 g/mol. The largest absolute Gasteiger partial charge is 0.491 e. The van der Waals surface area contributed by atoms with Crippen molar-refractivity contribution in [2.75, 3.05) is 24.4 Å². The molecule has 0 saturated heterocycles. The van der Waals surface area contributed by atoms with Gasteiger partial charge < -0.3 is 20.1 Å². The molecule has 1 aliphatic rings. The highest BCUT2D eigenvalue weighted by molar-refractivity contribution is 6.12. The summed E-state index contributed by atoms with van der Waals surface area (Å²) in [6.07, 6.45) is 2.39. The van der Waals surface area contributed by atoms with Crippen LogP contribution in [0.3, 0.4) is 0 Å². The number of pyridine rings is 1. The van der Waals surface area contributed by atoms with E-state index >= 15 is 0 Å². The molecule has 0 unspecified atom stereocenters. The third-order valence-electron chi connectivity index (χ3n) is 6.18. The van der Waals surface area contributed by atoms with Crippen LogP contribution in [0.4, 0.5) is 22.7 Å². The number of rotatable bonds is 7. The van der Waals surface area contributed by atoms with Crippen molar-refractivity contribution in [2.45, 2.75) is 13.3 Å². The van der Waals surface area contributed by atoms with Gasteiger partial charge in [0, 0.05) is 18.7 Å². The topological polar surface area (TPSA) is 116 Å². The summed E-state index contributed by atoms with van der Waals surface area (Å²) in [5.41, 5.74) is 5.83. The van der Waals surface area contributed by atoms with Gasteiger partial charge in [0.2, 0.25) is 0 Å². The number of aryl methyl sites for hydroxylation is 1. The van der Waals surface area contributed by atoms with Gasteiger partial charge in [0.05, 0.1) is 47.0 Å². The zero-order valence-electron chi connectivity index (χ0n) is 20.3. The number of nitro benzene ring substituents is 1. The van der Waals surface area contributed by atoms with Crippen molar-refractivity contribution in [1.29, 1.82) is 0 Å². The number of nitrogens with zero attached hydrogens (tertiary/aromatic N) is 2. The van der Waals surface area contributed by atoms with Crippen LogP contribution in [0.15, 0.2) is 72.9 Å². The summed E-state index contributed by atoms with van der Waals surface area (Å²) in [6.45, 7) is 2.38. The Labute approximate surface area is 213 Å². The van der Waals surface area contributed by atoms with Crippen LogP contribution in [0.25, 0.3) is 11.1 Å². The van der Waals surface area contributed by atoms with Crippen LogP contribution in [0.5, 0.6) is 11.5 Å². The van der Waals surface area contributed by atoms with Crippen LogP contribution >= 0.6 is 0 Å². The molecule has 0 atom stereocenters. The number of benzene rings is 3. The first-order chi connectivity index (χ1) is 17.9. The Morgan fingerprint density at radius 2 is 1.73 bits per heavy atom. The predicted octanol–water partition coefficient (Wildman–Crippen LogP) is 5.90. The number of carbonyl (C=O) groups is 1. The quantitative estimate of drug-likeness (QED) is 0.242. The van der Waals surface area contributed by atoms with E-state index in [9.17, 15) is 14.9 Å². The van der Waals surface area contributed by atoms with Gasteiger partial charge in [-0.25, -0.2) is 0 Å². The first-order valence-corrected chi connectivity index (χ1v) is 11.7. The molecule has 5 rings (SSSR count). The number of methoxy groups -OCH3 is 1. The average Bonchev–Trinajstić information content (AvgIpc) is 3.04. The molecule has 186 valence electrons. The summed E-state index contributed by atoms with van der Waals surface area (Å²) >= 11 is 0. The number of anilines is 3. The number of hydrogen-bond donors (Lipinski definition) is 2. The number of aromatic nitrogens is 1. The minimum absolute atomic E-state index is 0.107. The van der Waals surface area contributed by atoms with Gasteiger partial charge in [-0.05, 0) is 72.1 Å². The van der Waals surface area contributed by atoms with Gasteiger partial charge in [-0.15, -0.1) is 0 Å². The molecule has 1 amide bonds. The maximum atomic E-state index is 13.0. The number of fused-ring (bicyclic) bond motifs is 2. The van der Waals surface area contributed by atoms with Crippen LogP contribution in [0, 0.1) is 17.0 Å². The maximum Gasteiger partial charge on any atom is 0.310 e. The molecule has 2 heterocycles. The molecule has 4 aromatic rings. The maximum absolute atomic E-state index is 13.0. The number of carbonyl (C=O) groups excluding carboxylic acids is 1. The highest BCUT2D eigenvalue weighted by Crippen LogP contribution is 2.37. The summed E-state index contributed by atoms with van der Waals surface area (Å²) in [7, 11) is 1.40. The highest BCUT2D eigenvalue weighted by Gasteiger charge is 2.21. The van der Waals surface area contributed by atoms with E-state index in [0.29, 0.717) is 30.0 Å². The molecular formula is C28H24N4O5. The lowest BCUT2D eigenvalue weighted by Crippen LogP contribution is -2.11. The van der Waals surface area contributed by atoms with E-state index in [1.54, 1.807) is 30.5 Å². The van der Waals surface area contributed by atoms with Crippen molar-refractivity contribution >= 4 is 28.7 Å². The summed E-state index contributed by atoms with van der Waals surface area (Å²) in [5.74, 6) is 0.696. The second-order valence-electron chi connectivity index (χ2n) is 8.55. The van der Waals surface area contributed by atoms with E-state index in [1.807, 2.05) is 43.3 Å². The molecule has 1 aromatic heterocycles. The SMILES string of the molecule is COc1cc(-c2ccc3c(c2)Nc2ccc(CCOc4cccnc4C)cc2NC3=O)ccc1[N+](=O)[O-]. The van der Waals surface area contributed by atoms with Gasteiger partial charge in [0.15, 0.2) is 5.75 Å². The first-order valence-electron chi connectivity index (χ1n) is 11.7. The zero-order chi connectivity index (χ0) is 25.9. The number of nitro groups is 1. The van der Waals surface area contributed by atoms with Crippen LogP contribution < -0.4 is 20.1 Å². The highest BCUT2D eigenvalue weighted by atomic mass is 16.6. The molecule has 0 spiro atoms. The fourth-order valence-electron chi connectivity index (χ4n) is 4.23. The van der Waals surface area contributed by atoms with Gasteiger partial charge in [-0.1, -0.05) is 12.1 Å². The number of nitrogens with one attached hydrogen (secondary N) is 2. The predicted molar refractivity (Wildman–Crippen MR) is 141 cm³/mol. The van der Waals surface area contributed by atoms with Gasteiger partial charge in [-0.2, -0.15) is 0 Å². The van der Waals surface area contributed by atoms with Crippen molar-refractivity contribution < 1.29 is 19.2 Å². The zero-order valence-corrected chi connectivity index (χ0v) is 20.3. The second-order valence-corrected chi connectivity index (χ2v) is 8.55. The smallest absolute Gasteiger partial charge is 0.310 e. The lowest BCUT2D eigenvalue weighted by molar-refractivity contribution is -0.385. The number of hydrogen-bond acceptors (Lipinski definition) is 7. The van der Waals surface area contributed by atoms with E-state index in [2.05, 4.69) is 15.6 Å². The summed E-state index contributed by atoms with van der Waals surface area (Å²) in [6, 6.07) is 19.7. The van der Waals surface area contributed by atoms with Crippen LogP contribution in [0.1, 0.15) is 21.6 Å². The Balaban J connectivity index is 1.37. The number of ether oxygens (including phenoxy) is 2.